The molecule has 0 atom stereocenters. The maximum Gasteiger partial charge on any atom is 0.150 e. The van der Waals surface area contributed by atoms with Crippen molar-refractivity contribution in [3.05, 3.63) is 48.0 Å². The third-order valence-electron chi connectivity index (χ3n) is 2.59. The minimum atomic E-state index is 0.695. The number of fused-ring (bicyclic) bond motifs is 3. The first-order valence-corrected chi connectivity index (χ1v) is 4.79. The van der Waals surface area contributed by atoms with Gasteiger partial charge in [0.05, 0.1) is 11.4 Å². The van der Waals surface area contributed by atoms with Gasteiger partial charge in [-0.05, 0) is 24.3 Å². The fourth-order valence-corrected chi connectivity index (χ4v) is 1.87. The van der Waals surface area contributed by atoms with Gasteiger partial charge in [-0.15, -0.1) is 0 Å². The van der Waals surface area contributed by atoms with Crippen molar-refractivity contribution in [2.24, 2.45) is 0 Å². The molecule has 0 unspecified atom stereocenters. The first-order valence-electron chi connectivity index (χ1n) is 4.79. The summed E-state index contributed by atoms with van der Waals surface area (Å²) >= 11 is 0. The summed E-state index contributed by atoms with van der Waals surface area (Å²) in [5.74, 6) is 0. The van der Waals surface area contributed by atoms with Gasteiger partial charge in [-0.2, -0.15) is 0 Å². The highest BCUT2D eigenvalue weighted by atomic mass is 16.1. The minimum Gasteiger partial charge on any atom is -0.298 e. The Bertz CT molecular complexity index is 546. The van der Waals surface area contributed by atoms with Crippen molar-refractivity contribution in [2.75, 3.05) is 0 Å². The molecule has 71 valence electrons. The van der Waals surface area contributed by atoms with Crippen LogP contribution in [0.2, 0.25) is 0 Å². The highest BCUT2D eigenvalue weighted by Crippen LogP contribution is 2.42. The van der Waals surface area contributed by atoms with Crippen LogP contribution in [0.4, 0.5) is 11.4 Å². The zero-order valence-corrected chi connectivity index (χ0v) is 7.97. The second-order valence-electron chi connectivity index (χ2n) is 3.52. The number of aldehydes is 1. The standard InChI is InChI=1S/C13H8NO/c15-8-9-5-6-13-11(7-9)10-3-1-2-4-12(10)14-13/h1-8H. The predicted molar refractivity (Wildman–Crippen MR) is 58.7 cm³/mol. The van der Waals surface area contributed by atoms with Crippen molar-refractivity contribution in [3.8, 4) is 11.1 Å². The monoisotopic (exact) mass is 194 g/mol. The highest BCUT2D eigenvalue weighted by molar-refractivity contribution is 5.93. The SMILES string of the molecule is O=Cc1ccc2c(c1)-c1ccccc1[N]2. The zero-order chi connectivity index (χ0) is 10.3. The van der Waals surface area contributed by atoms with Crippen LogP contribution < -0.4 is 5.32 Å². The van der Waals surface area contributed by atoms with Gasteiger partial charge in [0.1, 0.15) is 6.29 Å². The molecule has 2 aromatic carbocycles. The van der Waals surface area contributed by atoms with E-state index in [1.807, 2.05) is 36.4 Å². The molecule has 0 bridgehead atoms. The number of para-hydroxylation sites is 1. The molecule has 3 rings (SSSR count). The van der Waals surface area contributed by atoms with E-state index in [4.69, 9.17) is 0 Å². The van der Waals surface area contributed by atoms with Crippen LogP contribution in [0.3, 0.4) is 0 Å². The van der Waals surface area contributed by atoms with Crippen LogP contribution in [0.1, 0.15) is 10.4 Å². The second-order valence-corrected chi connectivity index (χ2v) is 3.52. The van der Waals surface area contributed by atoms with Crippen LogP contribution in [0, 0.1) is 0 Å². The molecule has 0 spiro atoms. The molecule has 0 fully saturated rings. The molecule has 2 heteroatoms. The van der Waals surface area contributed by atoms with E-state index in [1.54, 1.807) is 6.07 Å². The fourth-order valence-electron chi connectivity index (χ4n) is 1.87. The molecule has 1 heterocycles. The summed E-state index contributed by atoms with van der Waals surface area (Å²) in [6.07, 6.45) is 0.862. The van der Waals surface area contributed by atoms with Crippen molar-refractivity contribution in [3.63, 3.8) is 0 Å². The molecule has 15 heavy (non-hydrogen) atoms. The number of carbonyl (C=O) groups is 1. The number of hydrogen-bond donors (Lipinski definition) is 0. The average Bonchev–Trinajstić information content (AvgIpc) is 2.66. The van der Waals surface area contributed by atoms with Crippen LogP contribution >= 0.6 is 0 Å². The molecule has 0 saturated heterocycles. The van der Waals surface area contributed by atoms with Crippen LogP contribution in [0.15, 0.2) is 42.5 Å². The number of benzene rings is 2. The summed E-state index contributed by atoms with van der Waals surface area (Å²) in [4.78, 5) is 10.7. The van der Waals surface area contributed by atoms with Gasteiger partial charge >= 0.3 is 0 Å². The van der Waals surface area contributed by atoms with Gasteiger partial charge in [0.2, 0.25) is 0 Å². The smallest absolute Gasteiger partial charge is 0.150 e. The van der Waals surface area contributed by atoms with E-state index >= 15 is 0 Å². The first kappa shape index (κ1) is 8.24. The van der Waals surface area contributed by atoms with E-state index in [9.17, 15) is 4.79 Å². The Morgan fingerprint density at radius 3 is 2.60 bits per heavy atom. The lowest BCUT2D eigenvalue weighted by atomic mass is 10.0. The van der Waals surface area contributed by atoms with Crippen molar-refractivity contribution >= 4 is 17.7 Å². The van der Waals surface area contributed by atoms with E-state index in [1.165, 1.54) is 0 Å². The summed E-state index contributed by atoms with van der Waals surface area (Å²) in [6.45, 7) is 0. The maximum atomic E-state index is 10.7. The van der Waals surface area contributed by atoms with E-state index < -0.39 is 0 Å². The maximum absolute atomic E-state index is 10.7. The molecule has 2 aromatic rings. The molecule has 0 aromatic heterocycles. The third kappa shape index (κ3) is 1.15. The second kappa shape index (κ2) is 2.95. The topological polar surface area (TPSA) is 31.2 Å². The van der Waals surface area contributed by atoms with E-state index in [-0.39, 0.29) is 0 Å². The van der Waals surface area contributed by atoms with Crippen LogP contribution in [0.5, 0.6) is 0 Å². The predicted octanol–water partition coefficient (Wildman–Crippen LogP) is 3.05. The molecule has 2 nitrogen and oxygen atoms in total. The van der Waals surface area contributed by atoms with E-state index in [0.717, 1.165) is 28.8 Å². The molecule has 1 aliphatic heterocycles. The number of carbonyl (C=O) groups excluding carboxylic acids is 1. The van der Waals surface area contributed by atoms with Gasteiger partial charge in [-0.1, -0.05) is 18.2 Å². The quantitative estimate of drug-likeness (QED) is 0.548. The lowest BCUT2D eigenvalue weighted by Crippen LogP contribution is -1.83. The Balaban J connectivity index is 2.26. The van der Waals surface area contributed by atoms with Gasteiger partial charge in [0, 0.05) is 16.7 Å². The first-order chi connectivity index (χ1) is 7.38. The summed E-state index contributed by atoms with van der Waals surface area (Å²) in [7, 11) is 0. The molecule has 0 N–H and O–H groups in total. The highest BCUT2D eigenvalue weighted by Gasteiger charge is 2.18. The van der Waals surface area contributed by atoms with Gasteiger partial charge < -0.3 is 0 Å². The number of rotatable bonds is 1. The Morgan fingerprint density at radius 2 is 1.73 bits per heavy atom. The van der Waals surface area contributed by atoms with Crippen LogP contribution in [-0.2, 0) is 0 Å². The Hall–Kier alpha value is -2.09. The molecular formula is C13H8NO. The normalized spacial score (nSPS) is 11.5. The average molecular weight is 194 g/mol. The van der Waals surface area contributed by atoms with Crippen LogP contribution in [-0.4, -0.2) is 6.29 Å². The Kier molecular flexibility index (Phi) is 1.62. The van der Waals surface area contributed by atoms with Crippen molar-refractivity contribution in [2.45, 2.75) is 0 Å². The summed E-state index contributed by atoms with van der Waals surface area (Å²) in [5, 5.41) is 4.47. The summed E-state index contributed by atoms with van der Waals surface area (Å²) in [5.41, 5.74) is 4.78. The Morgan fingerprint density at radius 1 is 0.933 bits per heavy atom. The number of nitrogens with zero attached hydrogens (tertiary/aromatic N) is 1. The summed E-state index contributed by atoms with van der Waals surface area (Å²) < 4.78 is 0. The van der Waals surface area contributed by atoms with E-state index in [2.05, 4.69) is 5.32 Å². The largest absolute Gasteiger partial charge is 0.298 e. The molecule has 0 saturated carbocycles. The molecular weight excluding hydrogens is 186 g/mol. The van der Waals surface area contributed by atoms with Gasteiger partial charge in [0.15, 0.2) is 0 Å². The van der Waals surface area contributed by atoms with E-state index in [0.29, 0.717) is 5.56 Å². The zero-order valence-electron chi connectivity index (χ0n) is 7.97. The van der Waals surface area contributed by atoms with Gasteiger partial charge in [-0.25, -0.2) is 5.32 Å². The lowest BCUT2D eigenvalue weighted by Gasteiger charge is -1.98. The molecule has 1 aliphatic rings. The number of hydrogen-bond acceptors (Lipinski definition) is 1. The van der Waals surface area contributed by atoms with Crippen molar-refractivity contribution < 1.29 is 4.79 Å². The van der Waals surface area contributed by atoms with Crippen molar-refractivity contribution in [1.82, 2.24) is 5.32 Å². The fraction of sp³-hybridized carbons (Fsp3) is 0. The third-order valence-corrected chi connectivity index (χ3v) is 2.59. The summed E-state index contributed by atoms with van der Waals surface area (Å²) in [6, 6.07) is 13.5. The van der Waals surface area contributed by atoms with Gasteiger partial charge in [-0.3, -0.25) is 4.79 Å². The molecule has 1 radical (unpaired) electrons. The Labute approximate surface area is 87.6 Å². The molecule has 0 aliphatic carbocycles. The van der Waals surface area contributed by atoms with Gasteiger partial charge in [0.25, 0.3) is 0 Å². The minimum absolute atomic E-state index is 0.695. The molecule has 0 amide bonds. The van der Waals surface area contributed by atoms with Crippen molar-refractivity contribution in [1.29, 1.82) is 0 Å². The lowest BCUT2D eigenvalue weighted by molar-refractivity contribution is 0.112. The van der Waals surface area contributed by atoms with Crippen LogP contribution in [0.25, 0.3) is 11.1 Å².